The van der Waals surface area contributed by atoms with Gasteiger partial charge in [-0.05, 0) is 62.4 Å². The summed E-state index contributed by atoms with van der Waals surface area (Å²) >= 11 is 0. The summed E-state index contributed by atoms with van der Waals surface area (Å²) in [4.78, 5) is 17.8. The van der Waals surface area contributed by atoms with Crippen LogP contribution in [0.15, 0.2) is 41.3 Å². The lowest BCUT2D eigenvalue weighted by molar-refractivity contribution is -0.134. The topological polar surface area (TPSA) is 70.2 Å². The van der Waals surface area contributed by atoms with E-state index >= 15 is 0 Å². The number of anilines is 1. The van der Waals surface area contributed by atoms with E-state index in [1.807, 2.05) is 4.90 Å². The van der Waals surface area contributed by atoms with Crippen LogP contribution in [-0.2, 0) is 14.8 Å². The largest absolute Gasteiger partial charge is 0.497 e. The average Bonchev–Trinajstić information content (AvgIpc) is 3.32. The number of nitrogens with zero attached hydrogens (tertiary/aromatic N) is 3. The van der Waals surface area contributed by atoms with Gasteiger partial charge in [0.1, 0.15) is 11.8 Å². The highest BCUT2D eigenvalue weighted by molar-refractivity contribution is 7.89. The smallest absolute Gasteiger partial charge is 0.244 e. The molecule has 1 amide bonds. The second-order valence-electron chi connectivity index (χ2n) is 8.94. The van der Waals surface area contributed by atoms with Gasteiger partial charge in [0, 0.05) is 44.5 Å². The van der Waals surface area contributed by atoms with Gasteiger partial charge in [0.05, 0.1) is 12.0 Å². The molecule has 2 aromatic rings. The third-order valence-electron chi connectivity index (χ3n) is 6.98. The van der Waals surface area contributed by atoms with Gasteiger partial charge in [0.2, 0.25) is 15.9 Å². The fraction of sp³-hybridized carbons (Fsp3) is 0.480. The molecule has 2 aliphatic heterocycles. The number of carbonyl (C=O) groups is 1. The number of amides is 1. The number of carbonyl (C=O) groups excluding carboxylic acids is 1. The SMILES string of the molecule is COc1ccc(C)c(S(=O)(=O)N2CCCC2C(=O)N2CCN(c3cccc(C)c3C)CC2)c1. The molecule has 0 radical (unpaired) electrons. The maximum atomic E-state index is 13.5. The fourth-order valence-corrected chi connectivity index (χ4v) is 6.74. The first-order valence-corrected chi connectivity index (χ1v) is 12.9. The number of hydrogen-bond donors (Lipinski definition) is 0. The molecule has 2 fully saturated rings. The standard InChI is InChI=1S/C25H33N3O4S/c1-18-7-5-8-22(20(18)3)26-13-15-27(16-14-26)25(29)23-9-6-12-28(23)33(30,31)24-17-21(32-4)11-10-19(24)2/h5,7-8,10-11,17,23H,6,9,12-16H2,1-4H3. The van der Waals surface area contributed by atoms with Crippen LogP contribution in [0.3, 0.4) is 0 Å². The Morgan fingerprint density at radius 3 is 2.39 bits per heavy atom. The zero-order chi connectivity index (χ0) is 23.8. The zero-order valence-corrected chi connectivity index (χ0v) is 20.7. The summed E-state index contributed by atoms with van der Waals surface area (Å²) in [5.74, 6) is 0.404. The Kier molecular flexibility index (Phi) is 6.68. The molecule has 2 aromatic carbocycles. The summed E-state index contributed by atoms with van der Waals surface area (Å²) in [6.07, 6.45) is 1.24. The second-order valence-corrected chi connectivity index (χ2v) is 10.8. The van der Waals surface area contributed by atoms with Crippen LogP contribution in [0, 0.1) is 20.8 Å². The van der Waals surface area contributed by atoms with Crippen LogP contribution in [0.1, 0.15) is 29.5 Å². The monoisotopic (exact) mass is 471 g/mol. The van der Waals surface area contributed by atoms with E-state index in [-0.39, 0.29) is 10.8 Å². The van der Waals surface area contributed by atoms with Gasteiger partial charge in [-0.1, -0.05) is 18.2 Å². The maximum Gasteiger partial charge on any atom is 0.244 e. The van der Waals surface area contributed by atoms with E-state index in [0.29, 0.717) is 43.8 Å². The fourth-order valence-electron chi connectivity index (χ4n) is 4.84. The molecule has 8 heteroatoms. The van der Waals surface area contributed by atoms with Crippen LogP contribution >= 0.6 is 0 Å². The number of benzene rings is 2. The Hall–Kier alpha value is -2.58. The van der Waals surface area contributed by atoms with E-state index in [4.69, 9.17) is 4.74 Å². The summed E-state index contributed by atoms with van der Waals surface area (Å²) in [7, 11) is -2.29. The maximum absolute atomic E-state index is 13.5. The van der Waals surface area contributed by atoms with Crippen molar-refractivity contribution in [2.75, 3.05) is 44.7 Å². The van der Waals surface area contributed by atoms with Crippen molar-refractivity contribution in [1.82, 2.24) is 9.21 Å². The summed E-state index contributed by atoms with van der Waals surface area (Å²) in [5.41, 5.74) is 4.38. The number of methoxy groups -OCH3 is 1. The Labute approximate surface area is 197 Å². The minimum absolute atomic E-state index is 0.0859. The molecule has 33 heavy (non-hydrogen) atoms. The van der Waals surface area contributed by atoms with Crippen LogP contribution in [0.4, 0.5) is 5.69 Å². The highest BCUT2D eigenvalue weighted by Gasteiger charge is 2.42. The van der Waals surface area contributed by atoms with Crippen molar-refractivity contribution in [3.63, 3.8) is 0 Å². The molecule has 0 aromatic heterocycles. The third kappa shape index (κ3) is 4.46. The number of piperazine rings is 1. The van der Waals surface area contributed by atoms with Crippen LogP contribution in [-0.4, -0.2) is 69.4 Å². The van der Waals surface area contributed by atoms with Crippen molar-refractivity contribution in [2.24, 2.45) is 0 Å². The highest BCUT2D eigenvalue weighted by Crippen LogP contribution is 2.31. The first kappa shape index (κ1) is 23.6. The van der Waals surface area contributed by atoms with Gasteiger partial charge in [-0.25, -0.2) is 8.42 Å². The van der Waals surface area contributed by atoms with E-state index in [1.54, 1.807) is 25.1 Å². The van der Waals surface area contributed by atoms with E-state index in [1.165, 1.54) is 28.2 Å². The number of rotatable bonds is 5. The molecule has 0 saturated carbocycles. The highest BCUT2D eigenvalue weighted by atomic mass is 32.2. The molecule has 1 unspecified atom stereocenters. The third-order valence-corrected chi connectivity index (χ3v) is 9.03. The molecule has 0 aliphatic carbocycles. The molecule has 2 heterocycles. The molecule has 0 spiro atoms. The van der Waals surface area contributed by atoms with Crippen molar-refractivity contribution in [3.05, 3.63) is 53.1 Å². The van der Waals surface area contributed by atoms with Gasteiger partial charge in [-0.3, -0.25) is 4.79 Å². The Morgan fingerprint density at radius 2 is 1.70 bits per heavy atom. The molecule has 2 aliphatic rings. The zero-order valence-electron chi connectivity index (χ0n) is 19.9. The van der Waals surface area contributed by atoms with Crippen LogP contribution in [0.2, 0.25) is 0 Å². The molecule has 0 bridgehead atoms. The van der Waals surface area contributed by atoms with E-state index in [0.717, 1.165) is 13.1 Å². The summed E-state index contributed by atoms with van der Waals surface area (Å²) in [5, 5.41) is 0. The molecular formula is C25H33N3O4S. The molecule has 4 rings (SSSR count). The number of aryl methyl sites for hydroxylation is 2. The van der Waals surface area contributed by atoms with Crippen molar-refractivity contribution in [3.8, 4) is 5.75 Å². The van der Waals surface area contributed by atoms with Crippen LogP contribution in [0.5, 0.6) is 5.75 Å². The molecule has 2 saturated heterocycles. The lowest BCUT2D eigenvalue weighted by Gasteiger charge is -2.39. The lowest BCUT2D eigenvalue weighted by atomic mass is 10.1. The number of ether oxygens (including phenoxy) is 1. The van der Waals surface area contributed by atoms with Crippen molar-refractivity contribution in [1.29, 1.82) is 0 Å². The van der Waals surface area contributed by atoms with E-state index in [2.05, 4.69) is 36.9 Å². The normalized spacial score (nSPS) is 19.7. The van der Waals surface area contributed by atoms with Gasteiger partial charge >= 0.3 is 0 Å². The van der Waals surface area contributed by atoms with Gasteiger partial charge < -0.3 is 14.5 Å². The quantitative estimate of drug-likeness (QED) is 0.670. The van der Waals surface area contributed by atoms with E-state index < -0.39 is 16.1 Å². The average molecular weight is 472 g/mol. The Bertz CT molecular complexity index is 1140. The van der Waals surface area contributed by atoms with Crippen molar-refractivity contribution < 1.29 is 17.9 Å². The molecule has 1 atom stereocenters. The minimum atomic E-state index is -3.80. The Morgan fingerprint density at radius 1 is 0.970 bits per heavy atom. The second kappa shape index (κ2) is 9.35. The van der Waals surface area contributed by atoms with Gasteiger partial charge in [-0.15, -0.1) is 0 Å². The number of sulfonamides is 1. The molecule has 178 valence electrons. The lowest BCUT2D eigenvalue weighted by Crippen LogP contribution is -2.54. The van der Waals surface area contributed by atoms with Gasteiger partial charge in [0.25, 0.3) is 0 Å². The summed E-state index contributed by atoms with van der Waals surface area (Å²) in [6, 6.07) is 10.7. The predicted molar refractivity (Wildman–Crippen MR) is 129 cm³/mol. The molecule has 7 nitrogen and oxygen atoms in total. The first-order chi connectivity index (χ1) is 15.7. The summed E-state index contributed by atoms with van der Waals surface area (Å²) in [6.45, 7) is 9.03. The van der Waals surface area contributed by atoms with E-state index in [9.17, 15) is 13.2 Å². The van der Waals surface area contributed by atoms with Crippen LogP contribution < -0.4 is 9.64 Å². The minimum Gasteiger partial charge on any atom is -0.497 e. The molecular weight excluding hydrogens is 438 g/mol. The van der Waals surface area contributed by atoms with Gasteiger partial charge in [0.15, 0.2) is 0 Å². The summed E-state index contributed by atoms with van der Waals surface area (Å²) < 4.78 is 33.7. The first-order valence-electron chi connectivity index (χ1n) is 11.5. The molecule has 0 N–H and O–H groups in total. The van der Waals surface area contributed by atoms with Gasteiger partial charge in [-0.2, -0.15) is 4.31 Å². The predicted octanol–water partition coefficient (Wildman–Crippen LogP) is 3.12. The van der Waals surface area contributed by atoms with Crippen molar-refractivity contribution in [2.45, 2.75) is 44.6 Å². The van der Waals surface area contributed by atoms with Crippen LogP contribution in [0.25, 0.3) is 0 Å². The number of hydrogen-bond acceptors (Lipinski definition) is 5. The Balaban J connectivity index is 1.49. The van der Waals surface area contributed by atoms with Crippen molar-refractivity contribution >= 4 is 21.6 Å².